The van der Waals surface area contributed by atoms with Crippen molar-refractivity contribution in [1.29, 1.82) is 0 Å². The van der Waals surface area contributed by atoms with Crippen LogP contribution in [-0.2, 0) is 9.53 Å². The lowest BCUT2D eigenvalue weighted by molar-refractivity contribution is -0.104. The summed E-state index contributed by atoms with van der Waals surface area (Å²) in [5.41, 5.74) is 2.69. The summed E-state index contributed by atoms with van der Waals surface area (Å²) in [6.45, 7) is 12.6. The van der Waals surface area contributed by atoms with Gasteiger partial charge < -0.3 is 9.84 Å². The van der Waals surface area contributed by atoms with Crippen LogP contribution in [0.25, 0.3) is 0 Å². The molecule has 162 valence electrons. The molecule has 30 heavy (non-hydrogen) atoms. The quantitative estimate of drug-likeness (QED) is 0.233. The zero-order chi connectivity index (χ0) is 22.4. The fourth-order valence-corrected chi connectivity index (χ4v) is 4.45. The van der Waals surface area contributed by atoms with Gasteiger partial charge in [0.2, 0.25) is 0 Å². The van der Waals surface area contributed by atoms with Crippen molar-refractivity contribution in [2.24, 2.45) is 5.41 Å². The van der Waals surface area contributed by atoms with Crippen molar-refractivity contribution in [3.63, 3.8) is 0 Å². The molecule has 0 unspecified atom stereocenters. The maximum atomic E-state index is 10.3. The first-order valence-electron chi connectivity index (χ1n) is 10.6. The number of aliphatic hydroxyl groups excluding tert-OH is 1. The fraction of sp³-hybridized carbons (Fsp3) is 0.444. The molecule has 0 bridgehead atoms. The Morgan fingerprint density at radius 2 is 1.37 bits per heavy atom. The zero-order valence-electron chi connectivity index (χ0n) is 19.2. The second kappa shape index (κ2) is 9.72. The molecule has 0 aromatic heterocycles. The maximum absolute atomic E-state index is 10.3. The molecule has 0 spiro atoms. The van der Waals surface area contributed by atoms with Crippen molar-refractivity contribution in [2.75, 3.05) is 0 Å². The Labute approximate surface area is 181 Å². The predicted molar refractivity (Wildman–Crippen MR) is 125 cm³/mol. The van der Waals surface area contributed by atoms with E-state index in [9.17, 15) is 9.90 Å². The summed E-state index contributed by atoms with van der Waals surface area (Å²) in [5.74, 6) is 0. The summed E-state index contributed by atoms with van der Waals surface area (Å²) in [6.07, 6.45) is 23.7. The van der Waals surface area contributed by atoms with Crippen LogP contribution in [0.15, 0.2) is 83.6 Å². The number of ether oxygens (including phenoxy) is 1. The van der Waals surface area contributed by atoms with Crippen LogP contribution in [0, 0.1) is 5.41 Å². The summed E-state index contributed by atoms with van der Waals surface area (Å²) < 4.78 is 6.19. The van der Waals surface area contributed by atoms with E-state index < -0.39 is 0 Å². The van der Waals surface area contributed by atoms with Gasteiger partial charge >= 0.3 is 0 Å². The molecule has 0 aromatic carbocycles. The molecule has 1 heterocycles. The third-order valence-electron chi connectivity index (χ3n) is 6.07. The molecule has 0 amide bonds. The van der Waals surface area contributed by atoms with E-state index in [-0.39, 0.29) is 22.7 Å². The van der Waals surface area contributed by atoms with Crippen LogP contribution in [0.5, 0.6) is 0 Å². The lowest BCUT2D eigenvalue weighted by Crippen LogP contribution is -2.46. The van der Waals surface area contributed by atoms with Gasteiger partial charge in [-0.3, -0.25) is 4.79 Å². The van der Waals surface area contributed by atoms with Crippen LogP contribution in [0.3, 0.4) is 0 Å². The van der Waals surface area contributed by atoms with Crippen LogP contribution in [0.2, 0.25) is 0 Å². The highest BCUT2D eigenvalue weighted by Gasteiger charge is 2.74. The van der Waals surface area contributed by atoms with Crippen LogP contribution in [0.1, 0.15) is 54.4 Å². The van der Waals surface area contributed by atoms with Crippen molar-refractivity contribution in [3.05, 3.63) is 83.6 Å². The Hall–Kier alpha value is -2.23. The summed E-state index contributed by atoms with van der Waals surface area (Å²) in [7, 11) is 0. The van der Waals surface area contributed by atoms with Gasteiger partial charge in [0.05, 0.1) is 6.10 Å². The van der Waals surface area contributed by atoms with E-state index in [1.807, 2.05) is 37.3 Å². The Morgan fingerprint density at radius 1 is 0.833 bits per heavy atom. The van der Waals surface area contributed by atoms with Gasteiger partial charge in [0.15, 0.2) is 0 Å². The summed E-state index contributed by atoms with van der Waals surface area (Å²) in [4.78, 5) is 10.3. The van der Waals surface area contributed by atoms with Crippen molar-refractivity contribution in [1.82, 2.24) is 0 Å². The minimum Gasteiger partial charge on any atom is -0.393 e. The molecular weight excluding hydrogens is 372 g/mol. The van der Waals surface area contributed by atoms with E-state index in [2.05, 4.69) is 58.9 Å². The Bertz CT molecular complexity index is 847. The highest BCUT2D eigenvalue weighted by molar-refractivity contribution is 5.65. The van der Waals surface area contributed by atoms with E-state index in [1.165, 1.54) is 6.08 Å². The second-order valence-corrected chi connectivity index (χ2v) is 9.32. The lowest BCUT2D eigenvalue weighted by Gasteiger charge is -2.39. The lowest BCUT2D eigenvalue weighted by atomic mass is 9.63. The van der Waals surface area contributed by atoms with Crippen molar-refractivity contribution in [3.8, 4) is 0 Å². The molecule has 3 atom stereocenters. The normalized spacial score (nSPS) is 32.5. The predicted octanol–water partition coefficient (Wildman–Crippen LogP) is 5.96. The highest BCUT2D eigenvalue weighted by Crippen LogP contribution is 2.66. The average Bonchev–Trinajstić information content (AvgIpc) is 3.27. The SMILES string of the molecule is CC(/C=C/C=O)=C\C=C\C=C(C)\C=C\C=C(C)\C=C\[C@]12O[C@@]1(C)C[C@@H](O)CC2(C)C. The molecule has 1 aliphatic carbocycles. The van der Waals surface area contributed by atoms with Gasteiger partial charge in [-0.2, -0.15) is 0 Å². The smallest absolute Gasteiger partial charge is 0.142 e. The number of carbonyl (C=O) groups is 1. The van der Waals surface area contributed by atoms with E-state index >= 15 is 0 Å². The van der Waals surface area contributed by atoms with E-state index in [1.54, 1.807) is 6.08 Å². The van der Waals surface area contributed by atoms with Crippen LogP contribution in [-0.4, -0.2) is 28.7 Å². The van der Waals surface area contributed by atoms with E-state index in [0.717, 1.165) is 29.4 Å². The molecule has 2 aliphatic rings. The number of hydrogen-bond donors (Lipinski definition) is 1. The molecule has 3 nitrogen and oxygen atoms in total. The first-order valence-corrected chi connectivity index (χ1v) is 10.6. The molecule has 0 radical (unpaired) electrons. The number of aliphatic hydroxyl groups is 1. The van der Waals surface area contributed by atoms with E-state index in [4.69, 9.17) is 4.74 Å². The Morgan fingerprint density at radius 3 is 1.93 bits per heavy atom. The van der Waals surface area contributed by atoms with Crippen LogP contribution >= 0.6 is 0 Å². The molecule has 1 aliphatic heterocycles. The third-order valence-corrected chi connectivity index (χ3v) is 6.07. The number of carbonyl (C=O) groups excluding carboxylic acids is 1. The van der Waals surface area contributed by atoms with Gasteiger partial charge in [-0.1, -0.05) is 85.3 Å². The minimum atomic E-state index is -0.287. The summed E-state index contributed by atoms with van der Waals surface area (Å²) in [6, 6.07) is 0. The first kappa shape index (κ1) is 24.0. The van der Waals surface area contributed by atoms with Gasteiger partial charge in [0.25, 0.3) is 0 Å². The van der Waals surface area contributed by atoms with Gasteiger partial charge in [0.1, 0.15) is 17.5 Å². The molecule has 0 aromatic rings. The average molecular weight is 409 g/mol. The van der Waals surface area contributed by atoms with Gasteiger partial charge in [0, 0.05) is 11.8 Å². The molecule has 1 saturated carbocycles. The zero-order valence-corrected chi connectivity index (χ0v) is 19.2. The number of epoxide rings is 1. The summed E-state index contributed by atoms with van der Waals surface area (Å²) in [5, 5.41) is 10.2. The number of allylic oxidation sites excluding steroid dienone is 13. The first-order chi connectivity index (χ1) is 14.1. The second-order valence-electron chi connectivity index (χ2n) is 9.32. The van der Waals surface area contributed by atoms with E-state index in [0.29, 0.717) is 6.42 Å². The molecule has 2 rings (SSSR count). The molecule has 3 heteroatoms. The van der Waals surface area contributed by atoms with Gasteiger partial charge in [-0.05, 0) is 46.3 Å². The topological polar surface area (TPSA) is 49.8 Å². The summed E-state index contributed by atoms with van der Waals surface area (Å²) >= 11 is 0. The monoisotopic (exact) mass is 408 g/mol. The Kier molecular flexibility index (Phi) is 7.79. The number of aldehydes is 1. The minimum absolute atomic E-state index is 0.0898. The maximum Gasteiger partial charge on any atom is 0.142 e. The number of hydrogen-bond acceptors (Lipinski definition) is 3. The van der Waals surface area contributed by atoms with Crippen molar-refractivity contribution in [2.45, 2.75) is 71.7 Å². The molecular formula is C27H36O3. The largest absolute Gasteiger partial charge is 0.393 e. The van der Waals surface area contributed by atoms with Crippen LogP contribution in [0.4, 0.5) is 0 Å². The molecule has 2 fully saturated rings. The van der Waals surface area contributed by atoms with Crippen molar-refractivity contribution < 1.29 is 14.6 Å². The number of rotatable bonds is 8. The standard InChI is InChI=1S/C27H36O3/c1-21(11-7-8-12-22(2)15-10-18-28)13-9-14-23(3)16-17-27-25(4,5)19-24(29)20-26(27,6)30-27/h7-18,24,29H,19-20H2,1-6H3/b8-7+,13-9+,15-10+,17-16+,21-11+,22-12+,23-14+/t24-,26-,27+/m0/s1. The van der Waals surface area contributed by atoms with Gasteiger partial charge in [-0.25, -0.2) is 0 Å². The van der Waals surface area contributed by atoms with Crippen molar-refractivity contribution >= 4 is 6.29 Å². The molecule has 1 N–H and O–H groups in total. The van der Waals surface area contributed by atoms with Gasteiger partial charge in [-0.15, -0.1) is 0 Å². The Balaban J connectivity index is 1.96. The van der Waals surface area contributed by atoms with Crippen LogP contribution < -0.4 is 0 Å². The molecule has 1 saturated heterocycles. The number of fused-ring (bicyclic) bond motifs is 1. The third kappa shape index (κ3) is 5.68. The highest BCUT2D eigenvalue weighted by atomic mass is 16.6. The fourth-order valence-electron chi connectivity index (χ4n) is 4.45.